The van der Waals surface area contributed by atoms with E-state index < -0.39 is 11.9 Å². The molecule has 0 aliphatic heterocycles. The van der Waals surface area contributed by atoms with Gasteiger partial charge >= 0.3 is 5.97 Å². The minimum absolute atomic E-state index is 0.0143. The molecule has 2 N–H and O–H groups in total. The van der Waals surface area contributed by atoms with Crippen LogP contribution in [0.5, 0.6) is 0 Å². The number of amides is 1. The van der Waals surface area contributed by atoms with Crippen LogP contribution < -0.4 is 5.32 Å². The van der Waals surface area contributed by atoms with Crippen LogP contribution in [0, 0.1) is 5.92 Å². The normalized spacial score (nSPS) is 22.6. The largest absolute Gasteiger partial charge is 0.478 e. The Morgan fingerprint density at radius 1 is 1.47 bits per heavy atom. The van der Waals surface area contributed by atoms with Crippen LogP contribution >= 0.6 is 0 Å². The molecule has 0 bridgehead atoms. The van der Waals surface area contributed by atoms with Gasteiger partial charge in [0.2, 0.25) is 0 Å². The molecular weight excluding hydrogens is 220 g/mol. The van der Waals surface area contributed by atoms with Crippen molar-refractivity contribution in [2.75, 3.05) is 0 Å². The summed E-state index contributed by atoms with van der Waals surface area (Å²) in [6, 6.07) is 3.04. The Bertz CT molecular complexity index is 453. The van der Waals surface area contributed by atoms with E-state index in [0.717, 1.165) is 12.8 Å². The van der Waals surface area contributed by atoms with E-state index in [2.05, 4.69) is 17.2 Å². The van der Waals surface area contributed by atoms with Crippen molar-refractivity contribution >= 4 is 11.9 Å². The van der Waals surface area contributed by atoms with Crippen LogP contribution in [0.1, 0.15) is 40.6 Å². The molecule has 1 saturated carbocycles. The number of carbonyl (C=O) groups is 2. The fraction of sp³-hybridized carbons (Fsp3) is 0.417. The Morgan fingerprint density at radius 2 is 2.18 bits per heavy atom. The average molecular weight is 234 g/mol. The summed E-state index contributed by atoms with van der Waals surface area (Å²) in [5.74, 6) is -0.909. The number of carbonyl (C=O) groups excluding carboxylic acids is 1. The number of aromatic nitrogens is 1. The topological polar surface area (TPSA) is 79.3 Å². The maximum Gasteiger partial charge on any atom is 0.338 e. The van der Waals surface area contributed by atoms with Gasteiger partial charge in [0.1, 0.15) is 5.69 Å². The molecule has 1 aromatic heterocycles. The molecule has 5 nitrogen and oxygen atoms in total. The van der Waals surface area contributed by atoms with E-state index in [1.54, 1.807) is 0 Å². The fourth-order valence-electron chi connectivity index (χ4n) is 2.03. The smallest absolute Gasteiger partial charge is 0.338 e. The minimum atomic E-state index is -1.13. The second kappa shape index (κ2) is 4.53. The Hall–Kier alpha value is -1.91. The number of carboxylic acid groups (broad SMARTS) is 1. The lowest BCUT2D eigenvalue weighted by molar-refractivity contribution is 0.0688. The molecule has 0 saturated heterocycles. The van der Waals surface area contributed by atoms with Gasteiger partial charge in [-0.15, -0.1) is 0 Å². The molecule has 1 heterocycles. The first-order valence-electron chi connectivity index (χ1n) is 5.57. The van der Waals surface area contributed by atoms with Crippen molar-refractivity contribution in [2.24, 2.45) is 5.92 Å². The summed E-state index contributed by atoms with van der Waals surface area (Å²) in [6.45, 7) is 2.12. The minimum Gasteiger partial charge on any atom is -0.478 e. The zero-order valence-corrected chi connectivity index (χ0v) is 9.51. The first-order valence-corrected chi connectivity index (χ1v) is 5.57. The van der Waals surface area contributed by atoms with Crippen LogP contribution in [0.2, 0.25) is 0 Å². The Balaban J connectivity index is 2.11. The maximum absolute atomic E-state index is 11.8. The van der Waals surface area contributed by atoms with E-state index in [1.165, 1.54) is 18.3 Å². The number of hydrogen-bond acceptors (Lipinski definition) is 3. The van der Waals surface area contributed by atoms with Gasteiger partial charge in [0.25, 0.3) is 5.91 Å². The van der Waals surface area contributed by atoms with Crippen molar-refractivity contribution in [3.8, 4) is 0 Å². The Morgan fingerprint density at radius 3 is 2.76 bits per heavy atom. The highest BCUT2D eigenvalue weighted by molar-refractivity contribution is 6.03. The second-order valence-electron chi connectivity index (χ2n) is 4.45. The number of hydrogen-bond donors (Lipinski definition) is 2. The molecule has 1 aromatic rings. The van der Waals surface area contributed by atoms with Crippen LogP contribution in [-0.4, -0.2) is 28.0 Å². The summed E-state index contributed by atoms with van der Waals surface area (Å²) < 4.78 is 0. The van der Waals surface area contributed by atoms with E-state index >= 15 is 0 Å². The first kappa shape index (κ1) is 11.6. The van der Waals surface area contributed by atoms with Gasteiger partial charge in [-0.3, -0.25) is 9.78 Å². The molecule has 0 spiro atoms. The molecule has 0 atom stereocenters. The molecule has 90 valence electrons. The van der Waals surface area contributed by atoms with E-state index in [4.69, 9.17) is 5.11 Å². The lowest BCUT2D eigenvalue weighted by Crippen LogP contribution is -2.44. The van der Waals surface area contributed by atoms with Crippen molar-refractivity contribution < 1.29 is 14.7 Å². The van der Waals surface area contributed by atoms with Crippen LogP contribution in [0.15, 0.2) is 18.3 Å². The molecular formula is C12H14N2O3. The molecule has 0 unspecified atom stereocenters. The highest BCUT2D eigenvalue weighted by atomic mass is 16.4. The zero-order valence-electron chi connectivity index (χ0n) is 9.51. The number of aromatic carboxylic acids is 1. The van der Waals surface area contributed by atoms with Gasteiger partial charge in [0.05, 0.1) is 5.56 Å². The molecule has 1 aliphatic rings. The van der Waals surface area contributed by atoms with Crippen LogP contribution in [0.3, 0.4) is 0 Å². The van der Waals surface area contributed by atoms with Crippen LogP contribution in [-0.2, 0) is 0 Å². The molecule has 1 amide bonds. The third kappa shape index (κ3) is 2.43. The van der Waals surface area contributed by atoms with Gasteiger partial charge in [0.15, 0.2) is 0 Å². The van der Waals surface area contributed by atoms with Gasteiger partial charge in [-0.25, -0.2) is 4.79 Å². The lowest BCUT2D eigenvalue weighted by Gasteiger charge is -2.33. The first-order chi connectivity index (χ1) is 8.08. The molecule has 17 heavy (non-hydrogen) atoms. The standard InChI is InChI=1S/C12H14N2O3/c1-7-5-8(6-7)14-11(15)10-9(12(16)17)3-2-4-13-10/h2-4,7-8H,5-6H2,1H3,(H,14,15)(H,16,17). The van der Waals surface area contributed by atoms with Crippen molar-refractivity contribution in [3.63, 3.8) is 0 Å². The summed E-state index contributed by atoms with van der Waals surface area (Å²) in [4.78, 5) is 26.6. The summed E-state index contributed by atoms with van der Waals surface area (Å²) in [5.41, 5.74) is -0.0723. The predicted octanol–water partition coefficient (Wildman–Crippen LogP) is 1.31. The Kier molecular flexibility index (Phi) is 3.08. The van der Waals surface area contributed by atoms with E-state index in [0.29, 0.717) is 5.92 Å². The van der Waals surface area contributed by atoms with Gasteiger partial charge in [-0.2, -0.15) is 0 Å². The van der Waals surface area contributed by atoms with Gasteiger partial charge < -0.3 is 10.4 Å². The number of rotatable bonds is 3. The SMILES string of the molecule is CC1CC(NC(=O)c2ncccc2C(=O)O)C1. The molecule has 2 rings (SSSR count). The highest BCUT2D eigenvalue weighted by Gasteiger charge is 2.28. The quantitative estimate of drug-likeness (QED) is 0.826. The number of nitrogens with one attached hydrogen (secondary N) is 1. The summed E-state index contributed by atoms with van der Waals surface area (Å²) in [7, 11) is 0. The van der Waals surface area contributed by atoms with E-state index in [1.807, 2.05) is 0 Å². The van der Waals surface area contributed by atoms with Gasteiger partial charge in [-0.1, -0.05) is 6.92 Å². The van der Waals surface area contributed by atoms with Gasteiger partial charge in [0, 0.05) is 12.2 Å². The molecule has 5 heteroatoms. The average Bonchev–Trinajstić information content (AvgIpc) is 2.27. The molecule has 0 radical (unpaired) electrons. The van der Waals surface area contributed by atoms with Crippen molar-refractivity contribution in [1.82, 2.24) is 10.3 Å². The third-order valence-corrected chi connectivity index (χ3v) is 2.96. The number of carboxylic acids is 1. The van der Waals surface area contributed by atoms with Crippen LogP contribution in [0.4, 0.5) is 0 Å². The second-order valence-corrected chi connectivity index (χ2v) is 4.45. The fourth-order valence-corrected chi connectivity index (χ4v) is 2.03. The molecule has 1 fully saturated rings. The van der Waals surface area contributed by atoms with Crippen molar-refractivity contribution in [2.45, 2.75) is 25.8 Å². The lowest BCUT2D eigenvalue weighted by atomic mass is 9.82. The molecule has 1 aliphatic carbocycles. The zero-order chi connectivity index (χ0) is 12.4. The van der Waals surface area contributed by atoms with Crippen molar-refractivity contribution in [3.05, 3.63) is 29.6 Å². The summed E-state index contributed by atoms with van der Waals surface area (Å²) in [6.07, 6.45) is 3.31. The Labute approximate surface area is 98.9 Å². The molecule has 0 aromatic carbocycles. The van der Waals surface area contributed by atoms with E-state index in [9.17, 15) is 9.59 Å². The summed E-state index contributed by atoms with van der Waals surface area (Å²) in [5, 5.41) is 11.7. The third-order valence-electron chi connectivity index (χ3n) is 2.96. The van der Waals surface area contributed by atoms with Crippen LogP contribution in [0.25, 0.3) is 0 Å². The monoisotopic (exact) mass is 234 g/mol. The summed E-state index contributed by atoms with van der Waals surface area (Å²) >= 11 is 0. The van der Waals surface area contributed by atoms with Crippen molar-refractivity contribution in [1.29, 1.82) is 0 Å². The highest BCUT2D eigenvalue weighted by Crippen LogP contribution is 2.26. The number of pyridine rings is 1. The maximum atomic E-state index is 11.8. The number of nitrogens with zero attached hydrogens (tertiary/aromatic N) is 1. The van der Waals surface area contributed by atoms with Gasteiger partial charge in [-0.05, 0) is 30.9 Å². The predicted molar refractivity (Wildman–Crippen MR) is 60.8 cm³/mol. The van der Waals surface area contributed by atoms with E-state index in [-0.39, 0.29) is 17.3 Å².